The van der Waals surface area contributed by atoms with E-state index in [1.165, 1.54) is 0 Å². The van der Waals surface area contributed by atoms with Crippen molar-refractivity contribution >= 4 is 37.6 Å². The Balaban J connectivity index is 3.62. The molecule has 0 aliphatic heterocycles. The maximum absolute atomic E-state index is 12.5. The fraction of sp³-hybridized carbons (Fsp3) is 0.167. The number of sulfonamides is 1. The van der Waals surface area contributed by atoms with Crippen LogP contribution < -0.4 is 5.14 Å². The number of pyridine rings is 1. The van der Waals surface area contributed by atoms with Crippen molar-refractivity contribution in [2.45, 2.75) is 11.3 Å². The topological polar surface area (TPSA) is 73.1 Å². The van der Waals surface area contributed by atoms with E-state index in [0.29, 0.717) is 0 Å². The van der Waals surface area contributed by atoms with Crippen LogP contribution in [0.5, 0.6) is 0 Å². The number of primary sulfonamides is 1. The molecule has 0 aliphatic rings. The lowest BCUT2D eigenvalue weighted by molar-refractivity contribution is 0.146. The predicted octanol–water partition coefficient (Wildman–Crippen LogP) is 2.08. The molecule has 15 heavy (non-hydrogen) atoms. The van der Waals surface area contributed by atoms with Crippen molar-refractivity contribution in [2.24, 2.45) is 5.14 Å². The second kappa shape index (κ2) is 4.28. The molecule has 0 aromatic carbocycles. The maximum atomic E-state index is 12.5. The third-order valence-electron chi connectivity index (χ3n) is 1.47. The van der Waals surface area contributed by atoms with Crippen molar-refractivity contribution in [2.75, 3.05) is 0 Å². The van der Waals surface area contributed by atoms with Crippen LogP contribution in [0.3, 0.4) is 0 Å². The molecule has 1 aromatic rings. The number of halogens is 4. The Morgan fingerprint density at radius 2 is 2.07 bits per heavy atom. The molecule has 0 amide bonds. The number of alkyl halides is 2. The van der Waals surface area contributed by atoms with Crippen LogP contribution in [0.1, 0.15) is 12.0 Å². The average Bonchev–Trinajstić information content (AvgIpc) is 1.99. The van der Waals surface area contributed by atoms with E-state index in [1.807, 2.05) is 0 Å². The highest BCUT2D eigenvalue weighted by molar-refractivity contribution is 9.10. The lowest BCUT2D eigenvalue weighted by atomic mass is 10.3. The second-order valence-corrected chi connectivity index (χ2v) is 5.16. The Morgan fingerprint density at radius 1 is 1.53 bits per heavy atom. The molecule has 0 spiro atoms. The molecule has 0 bridgehead atoms. The third kappa shape index (κ3) is 2.83. The molecule has 0 saturated heterocycles. The minimum absolute atomic E-state index is 0.240. The van der Waals surface area contributed by atoms with E-state index in [1.54, 1.807) is 0 Å². The van der Waals surface area contributed by atoms with E-state index >= 15 is 0 Å². The first-order chi connectivity index (χ1) is 6.73. The van der Waals surface area contributed by atoms with Gasteiger partial charge in [0.15, 0.2) is 0 Å². The number of aromatic nitrogens is 1. The fourth-order valence-electron chi connectivity index (χ4n) is 0.907. The third-order valence-corrected chi connectivity index (χ3v) is 3.22. The molecule has 1 heterocycles. The molecule has 0 unspecified atom stereocenters. The Labute approximate surface area is 97.6 Å². The minimum Gasteiger partial charge on any atom is -0.229 e. The number of hydrogen-bond donors (Lipinski definition) is 1. The van der Waals surface area contributed by atoms with E-state index in [2.05, 4.69) is 20.9 Å². The highest BCUT2D eigenvalue weighted by Gasteiger charge is 2.25. The quantitative estimate of drug-likeness (QED) is 0.848. The standard InChI is InChI=1S/C6H4BrClF2N2O2S/c7-5-4(6(9)10)2(15(11,13)14)1-3(8)12-5/h1,6H,(H2,11,13,14). The monoisotopic (exact) mass is 320 g/mol. The van der Waals surface area contributed by atoms with Gasteiger partial charge in [0.25, 0.3) is 6.43 Å². The zero-order valence-corrected chi connectivity index (χ0v) is 10.1. The van der Waals surface area contributed by atoms with Gasteiger partial charge in [-0.1, -0.05) is 11.6 Å². The summed E-state index contributed by atoms with van der Waals surface area (Å²) in [6.07, 6.45) is -3.02. The Kier molecular flexibility index (Phi) is 3.64. The summed E-state index contributed by atoms with van der Waals surface area (Å²) < 4.78 is 46.7. The second-order valence-electron chi connectivity index (χ2n) is 2.49. The maximum Gasteiger partial charge on any atom is 0.267 e. The van der Waals surface area contributed by atoms with Crippen LogP contribution in [0, 0.1) is 0 Å². The first-order valence-electron chi connectivity index (χ1n) is 3.40. The van der Waals surface area contributed by atoms with Gasteiger partial charge in [0.2, 0.25) is 10.0 Å². The van der Waals surface area contributed by atoms with Gasteiger partial charge < -0.3 is 0 Å². The summed E-state index contributed by atoms with van der Waals surface area (Å²) in [5.74, 6) is 0. The Bertz CT molecular complexity index is 494. The molecule has 2 N–H and O–H groups in total. The van der Waals surface area contributed by atoms with Gasteiger partial charge in [-0.3, -0.25) is 0 Å². The van der Waals surface area contributed by atoms with Gasteiger partial charge in [-0.15, -0.1) is 0 Å². The van der Waals surface area contributed by atoms with Crippen LogP contribution in [0.15, 0.2) is 15.6 Å². The molecule has 4 nitrogen and oxygen atoms in total. The molecule has 84 valence electrons. The molecule has 0 atom stereocenters. The molecule has 1 rings (SSSR count). The van der Waals surface area contributed by atoms with Crippen molar-refractivity contribution < 1.29 is 17.2 Å². The minimum atomic E-state index is -4.26. The number of rotatable bonds is 2. The van der Waals surface area contributed by atoms with Gasteiger partial charge in [0.1, 0.15) is 9.76 Å². The molecular weight excluding hydrogens is 317 g/mol. The largest absolute Gasteiger partial charge is 0.267 e. The highest BCUT2D eigenvalue weighted by atomic mass is 79.9. The van der Waals surface area contributed by atoms with Crippen molar-refractivity contribution in [1.29, 1.82) is 0 Å². The van der Waals surface area contributed by atoms with Gasteiger partial charge in [0.05, 0.1) is 10.5 Å². The van der Waals surface area contributed by atoms with E-state index < -0.39 is 26.9 Å². The van der Waals surface area contributed by atoms with Gasteiger partial charge >= 0.3 is 0 Å². The van der Waals surface area contributed by atoms with Crippen LogP contribution in [0.4, 0.5) is 8.78 Å². The normalized spacial score (nSPS) is 12.1. The van der Waals surface area contributed by atoms with Gasteiger partial charge in [0, 0.05) is 0 Å². The SMILES string of the molecule is NS(=O)(=O)c1cc(Cl)nc(Br)c1C(F)F. The lowest BCUT2D eigenvalue weighted by Gasteiger charge is -2.08. The van der Waals surface area contributed by atoms with Crippen LogP contribution in [0.25, 0.3) is 0 Å². The highest BCUT2D eigenvalue weighted by Crippen LogP contribution is 2.32. The summed E-state index contributed by atoms with van der Waals surface area (Å²) in [7, 11) is -4.26. The molecule has 9 heteroatoms. The summed E-state index contributed by atoms with van der Waals surface area (Å²) in [6, 6.07) is 0.781. The van der Waals surface area contributed by atoms with Crippen molar-refractivity contribution in [3.63, 3.8) is 0 Å². The predicted molar refractivity (Wildman–Crippen MR) is 53.3 cm³/mol. The van der Waals surface area contributed by atoms with Crippen molar-refractivity contribution in [3.8, 4) is 0 Å². The van der Waals surface area contributed by atoms with E-state index in [-0.39, 0.29) is 9.76 Å². The first kappa shape index (κ1) is 12.8. The van der Waals surface area contributed by atoms with Crippen LogP contribution in [-0.2, 0) is 10.0 Å². The summed E-state index contributed by atoms with van der Waals surface area (Å²) in [4.78, 5) is 2.72. The van der Waals surface area contributed by atoms with Crippen LogP contribution in [-0.4, -0.2) is 13.4 Å². The summed E-state index contributed by atoms with van der Waals surface area (Å²) in [5.41, 5.74) is -0.790. The molecule has 0 aliphatic carbocycles. The number of hydrogen-bond acceptors (Lipinski definition) is 3. The fourth-order valence-corrected chi connectivity index (χ4v) is 2.74. The molecule has 1 aromatic heterocycles. The van der Waals surface area contributed by atoms with Gasteiger partial charge in [-0.05, 0) is 22.0 Å². The lowest BCUT2D eigenvalue weighted by Crippen LogP contribution is -2.15. The first-order valence-corrected chi connectivity index (χ1v) is 6.12. The van der Waals surface area contributed by atoms with Crippen molar-refractivity contribution in [3.05, 3.63) is 21.4 Å². The van der Waals surface area contributed by atoms with Gasteiger partial charge in [-0.2, -0.15) is 0 Å². The van der Waals surface area contributed by atoms with Gasteiger partial charge in [-0.25, -0.2) is 27.3 Å². The van der Waals surface area contributed by atoms with E-state index in [0.717, 1.165) is 6.07 Å². The van der Waals surface area contributed by atoms with E-state index in [9.17, 15) is 17.2 Å². The molecule has 0 radical (unpaired) electrons. The zero-order valence-electron chi connectivity index (χ0n) is 6.92. The summed E-state index contributed by atoms with van der Waals surface area (Å²) in [5, 5.41) is 4.52. The van der Waals surface area contributed by atoms with Crippen LogP contribution in [0.2, 0.25) is 5.15 Å². The Morgan fingerprint density at radius 3 is 2.47 bits per heavy atom. The number of nitrogens with zero attached hydrogens (tertiary/aromatic N) is 1. The number of nitrogens with two attached hydrogens (primary N) is 1. The van der Waals surface area contributed by atoms with Crippen molar-refractivity contribution in [1.82, 2.24) is 4.98 Å². The average molecular weight is 322 g/mol. The summed E-state index contributed by atoms with van der Waals surface area (Å²) in [6.45, 7) is 0. The smallest absolute Gasteiger partial charge is 0.229 e. The Hall–Kier alpha value is -0.310. The molecule has 0 saturated carbocycles. The van der Waals surface area contributed by atoms with Crippen LogP contribution >= 0.6 is 27.5 Å². The zero-order chi connectivity index (χ0) is 11.8. The molecular formula is C6H4BrClF2N2O2S. The van der Waals surface area contributed by atoms with E-state index in [4.69, 9.17) is 16.7 Å². The summed E-state index contributed by atoms with van der Waals surface area (Å²) >= 11 is 8.12. The molecule has 0 fully saturated rings.